The van der Waals surface area contributed by atoms with Crippen LogP contribution < -0.4 is 9.47 Å². The van der Waals surface area contributed by atoms with Crippen molar-refractivity contribution in [1.29, 1.82) is 0 Å². The lowest BCUT2D eigenvalue weighted by Gasteiger charge is -2.29. The molecule has 0 bridgehead atoms. The molecule has 7 nitrogen and oxygen atoms in total. The average molecular weight is 543 g/mol. The first-order valence-electron chi connectivity index (χ1n) is 12.4. The van der Waals surface area contributed by atoms with Gasteiger partial charge < -0.3 is 14.4 Å². The minimum atomic E-state index is -3.85. The lowest BCUT2D eigenvalue weighted by atomic mass is 10.1. The fraction of sp³-hybridized carbons (Fsp3) is 0.393. The van der Waals surface area contributed by atoms with Gasteiger partial charge in [-0.2, -0.15) is 4.31 Å². The molecule has 1 atom stereocenters. The Morgan fingerprint density at radius 2 is 1.76 bits per heavy atom. The zero-order valence-electron chi connectivity index (χ0n) is 21.8. The average Bonchev–Trinajstić information content (AvgIpc) is 3.51. The van der Waals surface area contributed by atoms with Crippen LogP contribution >= 0.6 is 11.3 Å². The summed E-state index contributed by atoms with van der Waals surface area (Å²) >= 11 is 1.59. The van der Waals surface area contributed by atoms with Crippen molar-refractivity contribution in [2.45, 2.75) is 52.1 Å². The highest BCUT2D eigenvalue weighted by molar-refractivity contribution is 7.89. The molecule has 1 aliphatic rings. The number of aryl methyl sites for hydroxylation is 2. The van der Waals surface area contributed by atoms with Gasteiger partial charge in [0.15, 0.2) is 11.5 Å². The number of hydrogen-bond donors (Lipinski definition) is 0. The van der Waals surface area contributed by atoms with Crippen LogP contribution in [0.2, 0.25) is 0 Å². The Kier molecular flexibility index (Phi) is 8.56. The molecule has 198 valence electrons. The topological polar surface area (TPSA) is 76.2 Å². The Hall–Kier alpha value is -2.88. The monoisotopic (exact) mass is 542 g/mol. The molecule has 9 heteroatoms. The fourth-order valence-corrected chi connectivity index (χ4v) is 6.50. The molecule has 0 radical (unpaired) electrons. The normalized spacial score (nSPS) is 13.6. The van der Waals surface area contributed by atoms with E-state index < -0.39 is 10.0 Å². The Labute approximate surface area is 223 Å². The van der Waals surface area contributed by atoms with Gasteiger partial charge in [-0.1, -0.05) is 44.0 Å². The Morgan fingerprint density at radius 3 is 2.43 bits per heavy atom. The molecule has 0 saturated carbocycles. The van der Waals surface area contributed by atoms with Crippen molar-refractivity contribution in [3.05, 3.63) is 75.5 Å². The Morgan fingerprint density at radius 1 is 1.03 bits per heavy atom. The molecule has 1 aliphatic heterocycles. The third-order valence-corrected chi connectivity index (χ3v) is 9.48. The summed E-state index contributed by atoms with van der Waals surface area (Å²) in [5.74, 6) is 1.19. The molecule has 4 rings (SSSR count). The van der Waals surface area contributed by atoms with E-state index in [0.717, 1.165) is 28.0 Å². The number of ether oxygens (including phenoxy) is 2. The van der Waals surface area contributed by atoms with Crippen molar-refractivity contribution in [3.63, 3.8) is 0 Å². The predicted molar refractivity (Wildman–Crippen MR) is 145 cm³/mol. The van der Waals surface area contributed by atoms with Gasteiger partial charge >= 0.3 is 0 Å². The highest BCUT2D eigenvalue weighted by Crippen LogP contribution is 2.33. The molecule has 0 N–H and O–H groups in total. The SMILES string of the molecule is CC[C@H](C)CN(CC(=O)N(Cc1ccc2c(c1)OCO2)Cc1sccc1C)S(=O)(=O)c1ccc(C)cc1. The van der Waals surface area contributed by atoms with Crippen LogP contribution in [0.25, 0.3) is 0 Å². The highest BCUT2D eigenvalue weighted by atomic mass is 32.2. The minimum Gasteiger partial charge on any atom is -0.454 e. The lowest BCUT2D eigenvalue weighted by molar-refractivity contribution is -0.132. The number of nitrogens with zero attached hydrogens (tertiary/aromatic N) is 2. The number of hydrogen-bond acceptors (Lipinski definition) is 6. The number of thiophene rings is 1. The zero-order valence-corrected chi connectivity index (χ0v) is 23.4. The molecule has 1 aromatic heterocycles. The zero-order chi connectivity index (χ0) is 26.6. The molecule has 0 saturated heterocycles. The summed E-state index contributed by atoms with van der Waals surface area (Å²) in [6.45, 7) is 8.91. The fourth-order valence-electron chi connectivity index (χ4n) is 4.07. The number of benzene rings is 2. The first kappa shape index (κ1) is 27.2. The van der Waals surface area contributed by atoms with Gasteiger partial charge in [-0.3, -0.25) is 4.79 Å². The van der Waals surface area contributed by atoms with Crippen molar-refractivity contribution in [3.8, 4) is 11.5 Å². The van der Waals surface area contributed by atoms with Crippen LogP contribution in [0.5, 0.6) is 11.5 Å². The number of carbonyl (C=O) groups excluding carboxylic acids is 1. The molecule has 0 unspecified atom stereocenters. The van der Waals surface area contributed by atoms with Gasteiger partial charge in [0.2, 0.25) is 22.7 Å². The van der Waals surface area contributed by atoms with E-state index in [4.69, 9.17) is 9.47 Å². The molecule has 2 aromatic carbocycles. The number of carbonyl (C=O) groups is 1. The van der Waals surface area contributed by atoms with E-state index in [9.17, 15) is 13.2 Å². The molecule has 0 spiro atoms. The quantitative estimate of drug-likeness (QED) is 0.326. The third-order valence-electron chi connectivity index (χ3n) is 6.65. The largest absolute Gasteiger partial charge is 0.454 e. The standard InChI is InChI=1S/C28H34N2O5S2/c1-5-20(2)15-30(37(32,33)24-9-6-21(3)7-10-24)18-28(31)29(17-27-22(4)12-13-36-27)16-23-8-11-25-26(14-23)35-19-34-25/h6-14,20H,5,15-19H2,1-4H3/t20-/m0/s1. The van der Waals surface area contributed by atoms with Crippen molar-refractivity contribution >= 4 is 27.3 Å². The van der Waals surface area contributed by atoms with Gasteiger partial charge in [0.05, 0.1) is 18.0 Å². The summed E-state index contributed by atoms with van der Waals surface area (Å²) < 4.78 is 39.5. The molecule has 0 fully saturated rings. The minimum absolute atomic E-state index is 0.106. The van der Waals surface area contributed by atoms with Crippen LogP contribution in [0.3, 0.4) is 0 Å². The van der Waals surface area contributed by atoms with Gasteiger partial charge in [0, 0.05) is 18.0 Å². The molecular formula is C28H34N2O5S2. The van der Waals surface area contributed by atoms with Crippen LogP contribution in [0, 0.1) is 19.8 Å². The summed E-state index contributed by atoms with van der Waals surface area (Å²) in [5.41, 5.74) is 2.98. The van der Waals surface area contributed by atoms with E-state index in [1.54, 1.807) is 40.5 Å². The van der Waals surface area contributed by atoms with Crippen LogP contribution in [-0.2, 0) is 27.9 Å². The molecular weight excluding hydrogens is 508 g/mol. The number of fused-ring (bicyclic) bond motifs is 1. The number of sulfonamides is 1. The van der Waals surface area contributed by atoms with Crippen LogP contribution in [0.15, 0.2) is 58.8 Å². The summed E-state index contributed by atoms with van der Waals surface area (Å²) in [6, 6.07) is 14.4. The molecule has 3 aromatic rings. The van der Waals surface area contributed by atoms with E-state index in [0.29, 0.717) is 24.6 Å². The van der Waals surface area contributed by atoms with Crippen molar-refractivity contribution in [1.82, 2.24) is 9.21 Å². The van der Waals surface area contributed by atoms with E-state index in [-0.39, 0.29) is 36.6 Å². The van der Waals surface area contributed by atoms with Gasteiger partial charge in [-0.25, -0.2) is 8.42 Å². The summed E-state index contributed by atoms with van der Waals surface area (Å²) in [6.07, 6.45) is 0.809. The van der Waals surface area contributed by atoms with Gasteiger partial charge in [-0.15, -0.1) is 11.3 Å². The maximum absolute atomic E-state index is 13.8. The van der Waals surface area contributed by atoms with Crippen LogP contribution in [0.4, 0.5) is 0 Å². The maximum atomic E-state index is 13.8. The van der Waals surface area contributed by atoms with Crippen LogP contribution in [0.1, 0.15) is 41.8 Å². The maximum Gasteiger partial charge on any atom is 0.243 e. The molecule has 1 amide bonds. The molecule has 2 heterocycles. The Bertz CT molecular complexity index is 1330. The smallest absolute Gasteiger partial charge is 0.243 e. The van der Waals surface area contributed by atoms with E-state index in [2.05, 4.69) is 0 Å². The molecule has 0 aliphatic carbocycles. The van der Waals surface area contributed by atoms with Gasteiger partial charge in [-0.05, 0) is 66.6 Å². The number of rotatable bonds is 11. The van der Waals surface area contributed by atoms with E-state index in [1.807, 2.05) is 57.3 Å². The van der Waals surface area contributed by atoms with Gasteiger partial charge in [0.25, 0.3) is 0 Å². The number of amides is 1. The Balaban J connectivity index is 1.62. The second-order valence-corrected chi connectivity index (χ2v) is 12.5. The van der Waals surface area contributed by atoms with E-state index >= 15 is 0 Å². The van der Waals surface area contributed by atoms with Crippen molar-refractivity contribution in [2.24, 2.45) is 5.92 Å². The third kappa shape index (κ3) is 6.52. The summed E-state index contributed by atoms with van der Waals surface area (Å²) in [4.78, 5) is 16.8. The predicted octanol–water partition coefficient (Wildman–Crippen LogP) is 5.36. The van der Waals surface area contributed by atoms with Crippen molar-refractivity contribution < 1.29 is 22.7 Å². The van der Waals surface area contributed by atoms with Crippen molar-refractivity contribution in [2.75, 3.05) is 19.9 Å². The first-order chi connectivity index (χ1) is 17.7. The molecule has 37 heavy (non-hydrogen) atoms. The van der Waals surface area contributed by atoms with E-state index in [1.165, 1.54) is 4.31 Å². The summed E-state index contributed by atoms with van der Waals surface area (Å²) in [7, 11) is -3.85. The second-order valence-electron chi connectivity index (χ2n) is 9.59. The lowest BCUT2D eigenvalue weighted by Crippen LogP contribution is -2.44. The summed E-state index contributed by atoms with van der Waals surface area (Å²) in [5, 5.41) is 2.00. The first-order valence-corrected chi connectivity index (χ1v) is 14.8. The second kappa shape index (κ2) is 11.7. The highest BCUT2D eigenvalue weighted by Gasteiger charge is 2.30. The van der Waals surface area contributed by atoms with Gasteiger partial charge in [0.1, 0.15) is 0 Å². The van der Waals surface area contributed by atoms with Crippen LogP contribution in [-0.4, -0.2) is 43.4 Å².